The molecule has 100 valence electrons. The first-order chi connectivity index (χ1) is 8.74. The Morgan fingerprint density at radius 1 is 1.28 bits per heavy atom. The Balaban J connectivity index is 2.49. The van der Waals surface area contributed by atoms with E-state index in [0.717, 1.165) is 30.2 Å². The minimum Gasteiger partial charge on any atom is -0.481 e. The van der Waals surface area contributed by atoms with Crippen LogP contribution in [0.1, 0.15) is 19.8 Å². The number of carbonyl (C=O) groups is 1. The number of rotatable bonds is 9. The molecule has 0 aliphatic carbocycles. The molecule has 0 aromatic heterocycles. The lowest BCUT2D eigenvalue weighted by molar-refractivity contribution is -0.136. The highest BCUT2D eigenvalue weighted by molar-refractivity contribution is 7.99. The van der Waals surface area contributed by atoms with Crippen molar-refractivity contribution >= 4 is 23.4 Å². The SMILES string of the molecule is CCSCCCN(CCC(=O)O)c1ccccc1. The molecule has 0 unspecified atom stereocenters. The molecule has 0 saturated heterocycles. The zero-order valence-electron chi connectivity index (χ0n) is 10.8. The molecule has 0 radical (unpaired) electrons. The molecule has 0 amide bonds. The van der Waals surface area contributed by atoms with Crippen LogP contribution in [0.15, 0.2) is 30.3 Å². The van der Waals surface area contributed by atoms with E-state index < -0.39 is 5.97 Å². The van der Waals surface area contributed by atoms with Crippen molar-refractivity contribution in [2.24, 2.45) is 0 Å². The van der Waals surface area contributed by atoms with Gasteiger partial charge in [-0.15, -0.1) is 0 Å². The molecule has 0 aliphatic rings. The predicted octanol–water partition coefficient (Wildman–Crippen LogP) is 3.11. The van der Waals surface area contributed by atoms with Gasteiger partial charge in [0.2, 0.25) is 0 Å². The van der Waals surface area contributed by atoms with Crippen molar-refractivity contribution in [3.63, 3.8) is 0 Å². The number of hydrogen-bond donors (Lipinski definition) is 1. The lowest BCUT2D eigenvalue weighted by atomic mass is 10.2. The standard InChI is InChI=1S/C14H21NO2S/c1-2-18-12-6-10-15(11-9-14(16)17)13-7-4-3-5-8-13/h3-5,7-8H,2,6,9-12H2,1H3,(H,16,17). The molecule has 0 spiro atoms. The average molecular weight is 267 g/mol. The molecule has 18 heavy (non-hydrogen) atoms. The van der Waals surface area contributed by atoms with Crippen molar-refractivity contribution in [3.8, 4) is 0 Å². The summed E-state index contributed by atoms with van der Waals surface area (Å²) in [6, 6.07) is 10.0. The monoisotopic (exact) mass is 267 g/mol. The maximum absolute atomic E-state index is 10.7. The molecular weight excluding hydrogens is 246 g/mol. The number of nitrogens with zero attached hydrogens (tertiary/aromatic N) is 1. The molecule has 0 fully saturated rings. The summed E-state index contributed by atoms with van der Waals surface area (Å²) in [5.41, 5.74) is 1.11. The van der Waals surface area contributed by atoms with E-state index in [2.05, 4.69) is 11.8 Å². The van der Waals surface area contributed by atoms with Crippen molar-refractivity contribution in [2.75, 3.05) is 29.5 Å². The van der Waals surface area contributed by atoms with Crippen LogP contribution >= 0.6 is 11.8 Å². The lowest BCUT2D eigenvalue weighted by Crippen LogP contribution is -2.27. The first-order valence-electron chi connectivity index (χ1n) is 6.33. The minimum atomic E-state index is -0.737. The van der Waals surface area contributed by atoms with Crippen molar-refractivity contribution in [2.45, 2.75) is 19.8 Å². The summed E-state index contributed by atoms with van der Waals surface area (Å²) >= 11 is 1.93. The number of para-hydroxylation sites is 1. The van der Waals surface area contributed by atoms with Crippen LogP contribution in [-0.2, 0) is 4.79 Å². The van der Waals surface area contributed by atoms with Crippen molar-refractivity contribution in [1.82, 2.24) is 0 Å². The molecule has 0 atom stereocenters. The molecular formula is C14H21NO2S. The first kappa shape index (κ1) is 14.9. The molecule has 0 bridgehead atoms. The van der Waals surface area contributed by atoms with Crippen LogP contribution in [0, 0.1) is 0 Å². The van der Waals surface area contributed by atoms with Crippen LogP contribution in [0.3, 0.4) is 0 Å². The quantitative estimate of drug-likeness (QED) is 0.698. The minimum absolute atomic E-state index is 0.190. The van der Waals surface area contributed by atoms with Gasteiger partial charge in [-0.1, -0.05) is 25.1 Å². The maximum atomic E-state index is 10.7. The number of hydrogen-bond acceptors (Lipinski definition) is 3. The van der Waals surface area contributed by atoms with E-state index in [1.165, 1.54) is 0 Å². The van der Waals surface area contributed by atoms with Crippen molar-refractivity contribution in [1.29, 1.82) is 0 Å². The van der Waals surface area contributed by atoms with Gasteiger partial charge < -0.3 is 10.0 Å². The normalized spacial score (nSPS) is 10.3. The molecule has 0 aliphatic heterocycles. The summed E-state index contributed by atoms with van der Waals surface area (Å²) in [5.74, 6) is 1.53. The van der Waals surface area contributed by atoms with Gasteiger partial charge in [-0.05, 0) is 30.1 Å². The lowest BCUT2D eigenvalue weighted by Gasteiger charge is -2.24. The molecule has 0 saturated carbocycles. The van der Waals surface area contributed by atoms with Crippen LogP contribution in [-0.4, -0.2) is 35.7 Å². The topological polar surface area (TPSA) is 40.5 Å². The van der Waals surface area contributed by atoms with Gasteiger partial charge in [0.05, 0.1) is 6.42 Å². The van der Waals surface area contributed by atoms with Gasteiger partial charge in [0.15, 0.2) is 0 Å². The molecule has 3 nitrogen and oxygen atoms in total. The summed E-state index contributed by atoms with van der Waals surface area (Å²) in [4.78, 5) is 12.8. The second kappa shape index (κ2) is 8.86. The van der Waals surface area contributed by atoms with Gasteiger partial charge in [-0.25, -0.2) is 0 Å². The van der Waals surface area contributed by atoms with E-state index >= 15 is 0 Å². The highest BCUT2D eigenvalue weighted by atomic mass is 32.2. The average Bonchev–Trinajstić information content (AvgIpc) is 2.38. The highest BCUT2D eigenvalue weighted by Crippen LogP contribution is 2.15. The van der Waals surface area contributed by atoms with Gasteiger partial charge in [0.1, 0.15) is 0 Å². The van der Waals surface area contributed by atoms with Crippen LogP contribution < -0.4 is 4.90 Å². The van der Waals surface area contributed by atoms with Crippen LogP contribution in [0.25, 0.3) is 0 Å². The molecule has 1 rings (SSSR count). The first-order valence-corrected chi connectivity index (χ1v) is 7.49. The third-order valence-corrected chi connectivity index (χ3v) is 3.62. The molecule has 1 N–H and O–H groups in total. The number of carboxylic acids is 1. The number of anilines is 1. The third-order valence-electron chi connectivity index (χ3n) is 2.64. The fourth-order valence-corrected chi connectivity index (χ4v) is 2.36. The number of carboxylic acid groups (broad SMARTS) is 1. The Morgan fingerprint density at radius 3 is 2.61 bits per heavy atom. The van der Waals surface area contributed by atoms with Crippen molar-refractivity contribution in [3.05, 3.63) is 30.3 Å². The third kappa shape index (κ3) is 5.96. The van der Waals surface area contributed by atoms with E-state index in [4.69, 9.17) is 5.11 Å². The Hall–Kier alpha value is -1.16. The zero-order valence-corrected chi connectivity index (χ0v) is 11.7. The summed E-state index contributed by atoms with van der Waals surface area (Å²) in [6.07, 6.45) is 1.28. The zero-order chi connectivity index (χ0) is 13.2. The summed E-state index contributed by atoms with van der Waals surface area (Å²) < 4.78 is 0. The second-order valence-corrected chi connectivity index (χ2v) is 5.41. The van der Waals surface area contributed by atoms with Crippen LogP contribution in [0.2, 0.25) is 0 Å². The van der Waals surface area contributed by atoms with Gasteiger partial charge in [0, 0.05) is 18.8 Å². The Bertz CT molecular complexity index is 343. The second-order valence-electron chi connectivity index (χ2n) is 4.02. The largest absolute Gasteiger partial charge is 0.481 e. The van der Waals surface area contributed by atoms with Gasteiger partial charge in [-0.2, -0.15) is 11.8 Å². The highest BCUT2D eigenvalue weighted by Gasteiger charge is 2.07. The molecule has 1 aromatic carbocycles. The van der Waals surface area contributed by atoms with Gasteiger partial charge in [-0.3, -0.25) is 4.79 Å². The fraction of sp³-hybridized carbons (Fsp3) is 0.500. The van der Waals surface area contributed by atoms with E-state index in [1.807, 2.05) is 42.1 Å². The predicted molar refractivity (Wildman–Crippen MR) is 78.5 cm³/mol. The Morgan fingerprint density at radius 2 is 2.00 bits per heavy atom. The van der Waals surface area contributed by atoms with E-state index in [0.29, 0.717) is 6.54 Å². The summed E-state index contributed by atoms with van der Waals surface area (Å²) in [7, 11) is 0. The number of benzene rings is 1. The van der Waals surface area contributed by atoms with E-state index in [-0.39, 0.29) is 6.42 Å². The maximum Gasteiger partial charge on any atom is 0.305 e. The Labute approximate surface area is 113 Å². The Kier molecular flexibility index (Phi) is 7.34. The fourth-order valence-electron chi connectivity index (χ4n) is 1.74. The van der Waals surface area contributed by atoms with Gasteiger partial charge in [0.25, 0.3) is 0 Å². The van der Waals surface area contributed by atoms with E-state index in [9.17, 15) is 4.79 Å². The molecule has 1 aromatic rings. The van der Waals surface area contributed by atoms with Crippen molar-refractivity contribution < 1.29 is 9.90 Å². The van der Waals surface area contributed by atoms with E-state index in [1.54, 1.807) is 0 Å². The number of thioether (sulfide) groups is 1. The summed E-state index contributed by atoms with van der Waals surface area (Å²) in [5, 5.41) is 8.79. The van der Waals surface area contributed by atoms with Crippen LogP contribution in [0.4, 0.5) is 5.69 Å². The van der Waals surface area contributed by atoms with Gasteiger partial charge >= 0.3 is 5.97 Å². The smallest absolute Gasteiger partial charge is 0.305 e. The van der Waals surface area contributed by atoms with Crippen LogP contribution in [0.5, 0.6) is 0 Å². The molecule has 0 heterocycles. The number of aliphatic carboxylic acids is 1. The molecule has 4 heteroatoms. The summed E-state index contributed by atoms with van der Waals surface area (Å²) in [6.45, 7) is 3.66.